The van der Waals surface area contributed by atoms with Crippen molar-refractivity contribution < 1.29 is 17.9 Å². The molecule has 2 aromatic carbocycles. The molecule has 0 aliphatic carbocycles. The summed E-state index contributed by atoms with van der Waals surface area (Å²) in [6, 6.07) is 16.7. The first-order valence-corrected chi connectivity index (χ1v) is 11.4. The predicted octanol–water partition coefficient (Wildman–Crippen LogP) is 3.00. The number of carbonyl (C=O) groups is 1. The number of sulfonamides is 1. The lowest BCUT2D eigenvalue weighted by atomic mass is 10.1. The highest BCUT2D eigenvalue weighted by Crippen LogP contribution is 2.33. The molecular weight excluding hydrogens is 428 g/mol. The van der Waals surface area contributed by atoms with Crippen molar-refractivity contribution in [1.29, 1.82) is 0 Å². The van der Waals surface area contributed by atoms with Crippen LogP contribution in [0.5, 0.6) is 5.75 Å². The number of nitrogens with zero attached hydrogens (tertiary/aromatic N) is 3. The van der Waals surface area contributed by atoms with E-state index in [0.717, 1.165) is 16.3 Å². The second-order valence-electron chi connectivity index (χ2n) is 6.76. The third kappa shape index (κ3) is 5.50. The molecule has 0 fully saturated rings. The molecule has 1 N–H and O–H groups in total. The van der Waals surface area contributed by atoms with Crippen molar-refractivity contribution in [3.05, 3.63) is 84.2 Å². The lowest BCUT2D eigenvalue weighted by Crippen LogP contribution is -2.39. The lowest BCUT2D eigenvalue weighted by molar-refractivity contribution is -0.119. The normalized spacial score (nSPS) is 11.3. The number of amides is 1. The largest absolute Gasteiger partial charge is 0.495 e. The number of pyridine rings is 1. The van der Waals surface area contributed by atoms with E-state index in [1.807, 2.05) is 13.0 Å². The topological polar surface area (TPSA) is 101 Å². The summed E-state index contributed by atoms with van der Waals surface area (Å²) in [5.74, 6) is -0.248. The van der Waals surface area contributed by atoms with Crippen LogP contribution in [0.3, 0.4) is 0 Å². The van der Waals surface area contributed by atoms with E-state index in [1.54, 1.807) is 54.9 Å². The molecule has 166 valence electrons. The average Bonchev–Trinajstić information content (AvgIpc) is 2.83. The maximum absolute atomic E-state index is 13.4. The van der Waals surface area contributed by atoms with Gasteiger partial charge in [-0.2, -0.15) is 5.10 Å². The Balaban J connectivity index is 1.93. The van der Waals surface area contributed by atoms with Crippen molar-refractivity contribution in [2.75, 3.05) is 18.0 Å². The molecule has 0 saturated heterocycles. The molecule has 0 saturated carbocycles. The van der Waals surface area contributed by atoms with E-state index in [-0.39, 0.29) is 10.6 Å². The van der Waals surface area contributed by atoms with Crippen molar-refractivity contribution in [3.63, 3.8) is 0 Å². The van der Waals surface area contributed by atoms with Crippen LogP contribution in [-0.4, -0.2) is 39.2 Å². The van der Waals surface area contributed by atoms with Gasteiger partial charge in [-0.3, -0.25) is 14.1 Å². The van der Waals surface area contributed by atoms with Gasteiger partial charge >= 0.3 is 0 Å². The zero-order valence-electron chi connectivity index (χ0n) is 17.8. The van der Waals surface area contributed by atoms with Crippen LogP contribution in [0.4, 0.5) is 5.69 Å². The summed E-state index contributed by atoms with van der Waals surface area (Å²) in [5.41, 5.74) is 4.31. The fourth-order valence-electron chi connectivity index (χ4n) is 2.96. The van der Waals surface area contributed by atoms with Crippen molar-refractivity contribution in [1.82, 2.24) is 10.4 Å². The molecule has 9 heteroatoms. The Morgan fingerprint density at radius 1 is 1.16 bits per heavy atom. The molecule has 1 heterocycles. The monoisotopic (exact) mass is 452 g/mol. The molecule has 0 aliphatic rings. The van der Waals surface area contributed by atoms with Crippen LogP contribution in [0.15, 0.2) is 83.1 Å². The molecule has 0 unspecified atom stereocenters. The summed E-state index contributed by atoms with van der Waals surface area (Å²) in [5, 5.41) is 3.90. The molecule has 32 heavy (non-hydrogen) atoms. The molecule has 0 radical (unpaired) electrons. The Hall–Kier alpha value is -3.72. The molecule has 1 aromatic heterocycles. The van der Waals surface area contributed by atoms with Gasteiger partial charge in [-0.1, -0.05) is 37.3 Å². The van der Waals surface area contributed by atoms with Gasteiger partial charge in [0.2, 0.25) is 0 Å². The van der Waals surface area contributed by atoms with Gasteiger partial charge in [0, 0.05) is 18.0 Å². The van der Waals surface area contributed by atoms with Crippen LogP contribution in [0.25, 0.3) is 0 Å². The van der Waals surface area contributed by atoms with E-state index in [0.29, 0.717) is 11.3 Å². The fraction of sp³-hybridized carbons (Fsp3) is 0.174. The Morgan fingerprint density at radius 3 is 2.59 bits per heavy atom. The van der Waals surface area contributed by atoms with Crippen LogP contribution >= 0.6 is 0 Å². The van der Waals surface area contributed by atoms with Crippen LogP contribution in [0.2, 0.25) is 0 Å². The number of hydrazone groups is 1. The molecule has 3 aromatic rings. The molecule has 0 bridgehead atoms. The average molecular weight is 453 g/mol. The summed E-state index contributed by atoms with van der Waals surface area (Å²) < 4.78 is 33.3. The van der Waals surface area contributed by atoms with E-state index in [9.17, 15) is 13.2 Å². The van der Waals surface area contributed by atoms with Crippen LogP contribution < -0.4 is 14.5 Å². The summed E-state index contributed by atoms with van der Waals surface area (Å²) in [6.07, 6.45) is 5.39. The molecular formula is C23H24N4O4S. The lowest BCUT2D eigenvalue weighted by Gasteiger charge is -2.25. The van der Waals surface area contributed by atoms with Gasteiger partial charge in [0.1, 0.15) is 12.3 Å². The van der Waals surface area contributed by atoms with Gasteiger partial charge < -0.3 is 4.74 Å². The van der Waals surface area contributed by atoms with Crippen molar-refractivity contribution in [3.8, 4) is 5.75 Å². The first kappa shape index (κ1) is 23.0. The maximum Gasteiger partial charge on any atom is 0.264 e. The van der Waals surface area contributed by atoms with E-state index in [4.69, 9.17) is 4.74 Å². The zero-order chi connectivity index (χ0) is 23.0. The minimum atomic E-state index is -4.05. The number of carbonyl (C=O) groups excluding carboxylic acids is 1. The minimum absolute atomic E-state index is 0.0632. The number of ether oxygens (including phenoxy) is 1. The van der Waals surface area contributed by atoms with Crippen LogP contribution in [-0.2, 0) is 21.2 Å². The standard InChI is InChI=1S/C23H24N4O4S/c1-3-18-11-12-21(22(14-18)31-2)27(32(29,30)20-9-5-4-6-10-20)17-23(28)26-25-16-19-8-7-13-24-15-19/h4-16H,3,17H2,1-2H3,(H,26,28)/b25-16+. The number of anilines is 1. The molecule has 1 amide bonds. The van der Waals surface area contributed by atoms with E-state index < -0.39 is 22.5 Å². The molecule has 0 atom stereocenters. The summed E-state index contributed by atoms with van der Waals surface area (Å²) in [7, 11) is -2.59. The minimum Gasteiger partial charge on any atom is -0.495 e. The number of benzene rings is 2. The summed E-state index contributed by atoms with van der Waals surface area (Å²) >= 11 is 0. The maximum atomic E-state index is 13.4. The highest BCUT2D eigenvalue weighted by atomic mass is 32.2. The Bertz CT molecular complexity index is 1180. The van der Waals surface area contributed by atoms with Crippen molar-refractivity contribution in [2.45, 2.75) is 18.2 Å². The number of aryl methyl sites for hydroxylation is 1. The summed E-state index contributed by atoms with van der Waals surface area (Å²) in [6.45, 7) is 1.50. The molecule has 0 aliphatic heterocycles. The molecule has 3 rings (SSSR count). The molecule has 0 spiro atoms. The van der Waals surface area contributed by atoms with Crippen LogP contribution in [0.1, 0.15) is 18.1 Å². The SMILES string of the molecule is CCc1ccc(N(CC(=O)N/N=C/c2cccnc2)S(=O)(=O)c2ccccc2)c(OC)c1. The van der Waals surface area contributed by atoms with Crippen LogP contribution in [0, 0.1) is 0 Å². The van der Waals surface area contributed by atoms with E-state index in [1.165, 1.54) is 25.5 Å². The Morgan fingerprint density at radius 2 is 1.94 bits per heavy atom. The van der Waals surface area contributed by atoms with E-state index >= 15 is 0 Å². The smallest absolute Gasteiger partial charge is 0.264 e. The Labute approximate surface area is 187 Å². The second-order valence-corrected chi connectivity index (χ2v) is 8.63. The zero-order valence-corrected chi connectivity index (χ0v) is 18.6. The highest BCUT2D eigenvalue weighted by molar-refractivity contribution is 7.92. The van der Waals surface area contributed by atoms with Gasteiger partial charge in [0.05, 0.1) is 23.9 Å². The number of rotatable bonds is 9. The van der Waals surface area contributed by atoms with Crippen molar-refractivity contribution in [2.24, 2.45) is 5.10 Å². The number of nitrogens with one attached hydrogen (secondary N) is 1. The highest BCUT2D eigenvalue weighted by Gasteiger charge is 2.29. The molecule has 8 nitrogen and oxygen atoms in total. The second kappa shape index (κ2) is 10.5. The number of hydrogen-bond acceptors (Lipinski definition) is 6. The van der Waals surface area contributed by atoms with Gasteiger partial charge in [0.25, 0.3) is 15.9 Å². The predicted molar refractivity (Wildman–Crippen MR) is 123 cm³/mol. The van der Waals surface area contributed by atoms with Gasteiger partial charge in [-0.15, -0.1) is 0 Å². The first-order valence-electron chi connectivity index (χ1n) is 9.92. The number of hydrogen-bond donors (Lipinski definition) is 1. The van der Waals surface area contributed by atoms with Gasteiger partial charge in [-0.05, 0) is 42.3 Å². The first-order chi connectivity index (χ1) is 15.5. The quantitative estimate of drug-likeness (QED) is 0.397. The van der Waals surface area contributed by atoms with Crippen molar-refractivity contribution >= 4 is 27.8 Å². The number of aromatic nitrogens is 1. The Kier molecular flexibility index (Phi) is 7.56. The van der Waals surface area contributed by atoms with Gasteiger partial charge in [0.15, 0.2) is 0 Å². The fourth-order valence-corrected chi connectivity index (χ4v) is 4.42. The van der Waals surface area contributed by atoms with Gasteiger partial charge in [-0.25, -0.2) is 13.8 Å². The third-order valence-corrected chi connectivity index (χ3v) is 6.40. The van der Waals surface area contributed by atoms with E-state index in [2.05, 4.69) is 15.5 Å². The third-order valence-electron chi connectivity index (χ3n) is 4.63. The summed E-state index contributed by atoms with van der Waals surface area (Å²) in [4.78, 5) is 16.7. The number of methoxy groups -OCH3 is 1.